The summed E-state index contributed by atoms with van der Waals surface area (Å²) in [6, 6.07) is 22.1. The zero-order chi connectivity index (χ0) is 27.0. The van der Waals surface area contributed by atoms with Crippen molar-refractivity contribution >= 4 is 31.8 Å². The van der Waals surface area contributed by atoms with Crippen molar-refractivity contribution < 1.29 is 17.9 Å². The second-order valence-electron chi connectivity index (χ2n) is 8.77. The average molecular weight is 597 g/mol. The zero-order valence-electron chi connectivity index (χ0n) is 21.4. The van der Waals surface area contributed by atoms with Crippen molar-refractivity contribution in [3.8, 4) is 22.8 Å². The normalized spacial score (nSPS) is 11.2. The first kappa shape index (κ1) is 27.6. The molecule has 9 heteroatoms. The fourth-order valence-electron chi connectivity index (χ4n) is 3.77. The number of anilines is 1. The minimum Gasteiger partial charge on any atom is -0.490 e. The summed E-state index contributed by atoms with van der Waals surface area (Å²) in [7, 11) is -3.90. The fraction of sp³-hybridized carbons (Fsp3) is 0.241. The number of aryl methyl sites for hydroxylation is 2. The van der Waals surface area contributed by atoms with E-state index in [0.29, 0.717) is 11.3 Å². The van der Waals surface area contributed by atoms with Crippen LogP contribution in [0.4, 0.5) is 5.82 Å². The van der Waals surface area contributed by atoms with E-state index in [-0.39, 0.29) is 29.8 Å². The molecule has 0 radical (unpaired) electrons. The molecule has 0 aliphatic heterocycles. The lowest BCUT2D eigenvalue weighted by molar-refractivity contribution is 0.212. The van der Waals surface area contributed by atoms with Crippen LogP contribution in [-0.4, -0.2) is 31.6 Å². The maximum atomic E-state index is 13.3. The lowest BCUT2D eigenvalue weighted by atomic mass is 10.1. The quantitative estimate of drug-likeness (QED) is 0.181. The van der Waals surface area contributed by atoms with Gasteiger partial charge in [0.2, 0.25) is 5.88 Å². The Bertz CT molecular complexity index is 1440. The number of aromatic nitrogens is 2. The fourth-order valence-corrected chi connectivity index (χ4v) is 5.05. The highest BCUT2D eigenvalue weighted by atomic mass is 79.9. The van der Waals surface area contributed by atoms with Crippen molar-refractivity contribution in [1.82, 2.24) is 9.97 Å². The number of benzene rings is 3. The molecule has 0 fully saturated rings. The number of nitrogens with zero attached hydrogens (tertiary/aromatic N) is 2. The average Bonchev–Trinajstić information content (AvgIpc) is 2.92. The van der Waals surface area contributed by atoms with Gasteiger partial charge < -0.3 is 9.47 Å². The molecule has 1 aromatic heterocycles. The number of rotatable bonds is 12. The van der Waals surface area contributed by atoms with Crippen LogP contribution in [0.5, 0.6) is 11.6 Å². The van der Waals surface area contributed by atoms with E-state index in [1.807, 2.05) is 67.6 Å². The Morgan fingerprint density at radius 1 is 0.868 bits per heavy atom. The van der Waals surface area contributed by atoms with Gasteiger partial charge in [0.05, 0.1) is 10.5 Å². The van der Waals surface area contributed by atoms with E-state index in [2.05, 4.69) is 37.5 Å². The van der Waals surface area contributed by atoms with Gasteiger partial charge >= 0.3 is 0 Å². The third-order valence-electron chi connectivity index (χ3n) is 5.84. The number of nitrogens with one attached hydrogen (secondary N) is 1. The second-order valence-corrected chi connectivity index (χ2v) is 11.4. The van der Waals surface area contributed by atoms with E-state index in [1.165, 1.54) is 6.33 Å². The molecule has 38 heavy (non-hydrogen) atoms. The van der Waals surface area contributed by atoms with Crippen LogP contribution < -0.4 is 14.2 Å². The highest BCUT2D eigenvalue weighted by molar-refractivity contribution is 9.10. The number of hydrogen-bond donors (Lipinski definition) is 1. The summed E-state index contributed by atoms with van der Waals surface area (Å²) in [6.45, 7) is 4.60. The molecule has 1 N–H and O–H groups in total. The van der Waals surface area contributed by atoms with Gasteiger partial charge in [0.1, 0.15) is 25.3 Å². The molecule has 0 bridgehead atoms. The molecule has 0 spiro atoms. The van der Waals surface area contributed by atoms with Crippen molar-refractivity contribution in [2.24, 2.45) is 0 Å². The molecule has 4 aromatic rings. The Hall–Kier alpha value is -3.43. The van der Waals surface area contributed by atoms with Gasteiger partial charge in [-0.3, -0.25) is 4.72 Å². The first-order chi connectivity index (χ1) is 18.4. The molecule has 1 heterocycles. The Kier molecular flexibility index (Phi) is 9.36. The van der Waals surface area contributed by atoms with E-state index in [9.17, 15) is 8.42 Å². The predicted molar refractivity (Wildman–Crippen MR) is 153 cm³/mol. The number of hydrogen-bond acceptors (Lipinski definition) is 6. The van der Waals surface area contributed by atoms with Crippen molar-refractivity contribution in [2.45, 2.75) is 38.0 Å². The lowest BCUT2D eigenvalue weighted by Gasteiger charge is -2.16. The molecule has 7 nitrogen and oxygen atoms in total. The topological polar surface area (TPSA) is 90.4 Å². The lowest BCUT2D eigenvalue weighted by Crippen LogP contribution is -2.16. The maximum Gasteiger partial charge on any atom is 0.263 e. The molecule has 0 unspecified atom stereocenters. The van der Waals surface area contributed by atoms with Gasteiger partial charge in [-0.1, -0.05) is 71.2 Å². The largest absolute Gasteiger partial charge is 0.490 e. The molecule has 0 saturated carbocycles. The molecular formula is C29H30BrN3O4S. The molecular weight excluding hydrogens is 566 g/mol. The van der Waals surface area contributed by atoms with Gasteiger partial charge in [0, 0.05) is 4.47 Å². The summed E-state index contributed by atoms with van der Waals surface area (Å²) >= 11 is 3.40. The molecule has 198 valence electrons. The van der Waals surface area contributed by atoms with Crippen LogP contribution in [0.3, 0.4) is 0 Å². The Morgan fingerprint density at radius 2 is 1.55 bits per heavy atom. The molecule has 0 atom stereocenters. The summed E-state index contributed by atoms with van der Waals surface area (Å²) in [5, 5.41) is 0. The summed E-state index contributed by atoms with van der Waals surface area (Å²) in [5.74, 6) is 1.12. The molecule has 0 saturated heterocycles. The van der Waals surface area contributed by atoms with E-state index in [1.54, 1.807) is 12.1 Å². The van der Waals surface area contributed by atoms with Crippen LogP contribution in [0.25, 0.3) is 11.1 Å². The smallest absolute Gasteiger partial charge is 0.263 e. The minimum atomic E-state index is -3.90. The monoisotopic (exact) mass is 595 g/mol. The molecule has 3 aromatic carbocycles. The Morgan fingerprint density at radius 3 is 2.24 bits per heavy atom. The van der Waals surface area contributed by atoms with Crippen molar-refractivity contribution in [1.29, 1.82) is 0 Å². The Balaban J connectivity index is 1.56. The standard InChI is InChI=1S/C29H30BrN3O4S/c1-3-4-5-22-8-16-26(17-9-22)38(34,35)33-28-27(23-10-6-21(2)7-11-23)29(32-20-31-28)37-19-18-36-25-14-12-24(30)13-15-25/h6-17,20H,3-5,18-19H2,1-2H3,(H,31,32,33). The minimum absolute atomic E-state index is 0.141. The first-order valence-corrected chi connectivity index (χ1v) is 14.7. The summed E-state index contributed by atoms with van der Waals surface area (Å²) in [4.78, 5) is 8.74. The number of ether oxygens (including phenoxy) is 2. The number of sulfonamides is 1. The van der Waals surface area contributed by atoms with Gasteiger partial charge in [0.25, 0.3) is 10.0 Å². The number of halogens is 1. The SMILES string of the molecule is CCCCc1ccc(S(=O)(=O)Nc2ncnc(OCCOc3ccc(Br)cc3)c2-c2ccc(C)cc2)cc1. The van der Waals surface area contributed by atoms with E-state index in [4.69, 9.17) is 9.47 Å². The van der Waals surface area contributed by atoms with Crippen LogP contribution in [0.1, 0.15) is 30.9 Å². The van der Waals surface area contributed by atoms with Gasteiger partial charge in [-0.25, -0.2) is 18.4 Å². The summed E-state index contributed by atoms with van der Waals surface area (Å²) in [6.07, 6.45) is 4.34. The van der Waals surface area contributed by atoms with Gasteiger partial charge in [0.15, 0.2) is 5.82 Å². The van der Waals surface area contributed by atoms with Crippen molar-refractivity contribution in [3.05, 3.63) is 94.7 Å². The second kappa shape index (κ2) is 12.9. The molecule has 4 rings (SSSR count). The van der Waals surface area contributed by atoms with Crippen LogP contribution >= 0.6 is 15.9 Å². The van der Waals surface area contributed by atoms with E-state index in [0.717, 1.165) is 40.4 Å². The van der Waals surface area contributed by atoms with Crippen molar-refractivity contribution in [3.63, 3.8) is 0 Å². The van der Waals surface area contributed by atoms with Crippen LogP contribution in [0.2, 0.25) is 0 Å². The van der Waals surface area contributed by atoms with E-state index < -0.39 is 10.0 Å². The first-order valence-electron chi connectivity index (χ1n) is 12.4. The molecule has 0 aliphatic carbocycles. The molecule has 0 aliphatic rings. The van der Waals surface area contributed by atoms with Gasteiger partial charge in [-0.15, -0.1) is 0 Å². The summed E-state index contributed by atoms with van der Waals surface area (Å²) < 4.78 is 41.9. The van der Waals surface area contributed by atoms with Crippen LogP contribution in [0.15, 0.2) is 88.5 Å². The van der Waals surface area contributed by atoms with Gasteiger partial charge in [-0.2, -0.15) is 0 Å². The highest BCUT2D eigenvalue weighted by Gasteiger charge is 2.21. The van der Waals surface area contributed by atoms with Crippen molar-refractivity contribution in [2.75, 3.05) is 17.9 Å². The third-order valence-corrected chi connectivity index (χ3v) is 7.72. The number of unbranched alkanes of at least 4 members (excludes halogenated alkanes) is 1. The maximum absolute atomic E-state index is 13.3. The molecule has 0 amide bonds. The third kappa shape index (κ3) is 7.33. The van der Waals surface area contributed by atoms with Gasteiger partial charge in [-0.05, 0) is 67.3 Å². The van der Waals surface area contributed by atoms with E-state index >= 15 is 0 Å². The zero-order valence-corrected chi connectivity index (χ0v) is 23.8. The summed E-state index contributed by atoms with van der Waals surface area (Å²) in [5.41, 5.74) is 3.36. The predicted octanol–water partition coefficient (Wildman–Crippen LogP) is 6.82. The van der Waals surface area contributed by atoms with Crippen LogP contribution in [0, 0.1) is 6.92 Å². The Labute approximate surface area is 232 Å². The van der Waals surface area contributed by atoms with Crippen LogP contribution in [-0.2, 0) is 16.4 Å². The highest BCUT2D eigenvalue weighted by Crippen LogP contribution is 2.35.